The number of benzene rings is 2. The highest BCUT2D eigenvalue weighted by atomic mass is 32.2. The lowest BCUT2D eigenvalue weighted by molar-refractivity contribution is 0.354. The van der Waals surface area contributed by atoms with E-state index in [0.29, 0.717) is 45.8 Å². The van der Waals surface area contributed by atoms with Crippen molar-refractivity contribution < 1.29 is 9.47 Å². The molecule has 31 heavy (non-hydrogen) atoms. The smallest absolute Gasteiger partial charge is 0.275 e. The predicted molar refractivity (Wildman–Crippen MR) is 122 cm³/mol. The van der Waals surface area contributed by atoms with Crippen molar-refractivity contribution in [3.63, 3.8) is 0 Å². The number of nitrogens with one attached hydrogen (secondary N) is 1. The number of H-pyrrole nitrogens is 1. The van der Waals surface area contributed by atoms with Gasteiger partial charge in [0.2, 0.25) is 0 Å². The maximum Gasteiger partial charge on any atom is 0.275 e. The molecule has 1 heterocycles. The van der Waals surface area contributed by atoms with Crippen LogP contribution in [0, 0.1) is 11.3 Å². The Morgan fingerprint density at radius 2 is 1.74 bits per heavy atom. The second-order valence-electron chi connectivity index (χ2n) is 7.02. The third kappa shape index (κ3) is 5.38. The Labute approximate surface area is 185 Å². The van der Waals surface area contributed by atoms with Crippen molar-refractivity contribution in [2.75, 3.05) is 33.2 Å². The van der Waals surface area contributed by atoms with Crippen LogP contribution in [-0.4, -0.2) is 38.3 Å². The summed E-state index contributed by atoms with van der Waals surface area (Å²) in [6.07, 6.45) is 0.474. The number of aromatic amines is 1. The molecule has 1 N–H and O–H groups in total. The highest BCUT2D eigenvalue weighted by Crippen LogP contribution is 2.29. The Balaban J connectivity index is 1.88. The molecular weight excluding hydrogens is 412 g/mol. The Hall–Kier alpha value is -3.44. The number of nitrogens with zero attached hydrogens (tertiary/aromatic N) is 3. The van der Waals surface area contributed by atoms with E-state index in [1.165, 1.54) is 11.8 Å². The summed E-state index contributed by atoms with van der Waals surface area (Å²) in [6.45, 7) is 0. The first-order valence-electron chi connectivity index (χ1n) is 9.58. The van der Waals surface area contributed by atoms with Crippen LogP contribution in [0.1, 0.15) is 22.4 Å². The average molecular weight is 437 g/mol. The molecule has 0 aliphatic carbocycles. The monoisotopic (exact) mass is 436 g/mol. The van der Waals surface area contributed by atoms with Gasteiger partial charge in [-0.25, -0.2) is 4.98 Å². The van der Waals surface area contributed by atoms with Gasteiger partial charge in [-0.05, 0) is 35.4 Å². The van der Waals surface area contributed by atoms with Crippen LogP contribution in [0.4, 0.5) is 5.69 Å². The van der Waals surface area contributed by atoms with Crippen LogP contribution in [0.2, 0.25) is 0 Å². The van der Waals surface area contributed by atoms with E-state index in [0.717, 1.165) is 11.1 Å². The minimum atomic E-state index is -0.183. The van der Waals surface area contributed by atoms with Gasteiger partial charge in [0.1, 0.15) is 5.69 Å². The summed E-state index contributed by atoms with van der Waals surface area (Å²) in [4.78, 5) is 22.2. The second kappa shape index (κ2) is 10.0. The normalized spacial score (nSPS) is 10.4. The van der Waals surface area contributed by atoms with E-state index in [4.69, 9.17) is 19.7 Å². The second-order valence-corrected chi connectivity index (χ2v) is 7.99. The number of anilines is 1. The van der Waals surface area contributed by atoms with Crippen LogP contribution in [0.15, 0.2) is 52.4 Å². The van der Waals surface area contributed by atoms with E-state index in [1.807, 2.05) is 44.4 Å². The average Bonchev–Trinajstić information content (AvgIpc) is 2.77. The molecule has 0 unspecified atom stereocenters. The molecule has 0 amide bonds. The number of methoxy groups -OCH3 is 2. The van der Waals surface area contributed by atoms with Gasteiger partial charge in [0, 0.05) is 26.3 Å². The van der Waals surface area contributed by atoms with Crippen molar-refractivity contribution in [2.45, 2.75) is 17.3 Å². The molecule has 160 valence electrons. The van der Waals surface area contributed by atoms with Crippen LogP contribution in [-0.2, 0) is 12.2 Å². The van der Waals surface area contributed by atoms with Gasteiger partial charge in [-0.2, -0.15) is 5.26 Å². The molecule has 0 saturated heterocycles. The molecule has 3 aromatic rings. The lowest BCUT2D eigenvalue weighted by Gasteiger charge is -2.17. The fraction of sp³-hybridized carbons (Fsp3) is 0.261. The molecule has 0 fully saturated rings. The molecule has 3 rings (SSSR count). The van der Waals surface area contributed by atoms with Gasteiger partial charge in [-0.3, -0.25) is 9.78 Å². The van der Waals surface area contributed by atoms with E-state index in [9.17, 15) is 4.79 Å². The van der Waals surface area contributed by atoms with Crippen LogP contribution >= 0.6 is 11.8 Å². The largest absolute Gasteiger partial charge is 0.493 e. The van der Waals surface area contributed by atoms with E-state index >= 15 is 0 Å². The molecule has 0 atom stereocenters. The lowest BCUT2D eigenvalue weighted by atomic mass is 10.1. The van der Waals surface area contributed by atoms with Crippen molar-refractivity contribution in [3.05, 3.63) is 75.2 Å². The highest BCUT2D eigenvalue weighted by molar-refractivity contribution is 7.98. The predicted octanol–water partition coefficient (Wildman–Crippen LogP) is 3.61. The molecule has 2 aromatic carbocycles. The van der Waals surface area contributed by atoms with Gasteiger partial charge < -0.3 is 14.4 Å². The molecule has 1 aromatic heterocycles. The molecular formula is C23H24N4O3S. The Morgan fingerprint density at radius 1 is 1.06 bits per heavy atom. The molecule has 0 saturated carbocycles. The van der Waals surface area contributed by atoms with E-state index in [1.54, 1.807) is 31.3 Å². The zero-order valence-electron chi connectivity index (χ0n) is 17.9. The molecule has 0 spiro atoms. The molecule has 0 radical (unpaired) electrons. The molecule has 7 nitrogen and oxygen atoms in total. The van der Waals surface area contributed by atoms with Crippen LogP contribution in [0.5, 0.6) is 11.5 Å². The minimum Gasteiger partial charge on any atom is -0.493 e. The number of nitriles is 1. The van der Waals surface area contributed by atoms with E-state index in [2.05, 4.69) is 11.1 Å². The minimum absolute atomic E-state index is 0.183. The Morgan fingerprint density at radius 3 is 2.35 bits per heavy atom. The molecule has 0 aliphatic rings. The van der Waals surface area contributed by atoms with Crippen molar-refractivity contribution in [2.24, 2.45) is 0 Å². The first-order valence-corrected chi connectivity index (χ1v) is 10.6. The first-order chi connectivity index (χ1) is 14.9. The van der Waals surface area contributed by atoms with Gasteiger partial charge in [0.15, 0.2) is 16.7 Å². The maximum atomic E-state index is 12.8. The summed E-state index contributed by atoms with van der Waals surface area (Å²) >= 11 is 1.45. The fourth-order valence-corrected chi connectivity index (χ4v) is 3.99. The van der Waals surface area contributed by atoms with Crippen molar-refractivity contribution in [1.29, 1.82) is 5.26 Å². The summed E-state index contributed by atoms with van der Waals surface area (Å²) in [5.41, 5.74) is 3.65. The third-order valence-corrected chi connectivity index (χ3v) is 5.62. The zero-order valence-corrected chi connectivity index (χ0v) is 18.7. The van der Waals surface area contributed by atoms with E-state index in [-0.39, 0.29) is 5.56 Å². The summed E-state index contributed by atoms with van der Waals surface area (Å²) in [6, 6.07) is 15.2. The lowest BCUT2D eigenvalue weighted by Crippen LogP contribution is -2.24. The van der Waals surface area contributed by atoms with Crippen LogP contribution in [0.3, 0.4) is 0 Å². The topological polar surface area (TPSA) is 91.2 Å². The summed E-state index contributed by atoms with van der Waals surface area (Å²) in [7, 11) is 6.84. The number of hydrogen-bond donors (Lipinski definition) is 1. The van der Waals surface area contributed by atoms with Crippen LogP contribution in [0.25, 0.3) is 0 Å². The summed E-state index contributed by atoms with van der Waals surface area (Å²) < 4.78 is 10.7. The number of thioether (sulfide) groups is 1. The van der Waals surface area contributed by atoms with Gasteiger partial charge >= 0.3 is 0 Å². The maximum absolute atomic E-state index is 12.8. The number of aromatic nitrogens is 2. The van der Waals surface area contributed by atoms with E-state index < -0.39 is 0 Å². The van der Waals surface area contributed by atoms with Crippen LogP contribution < -0.4 is 19.9 Å². The van der Waals surface area contributed by atoms with Gasteiger partial charge in [0.25, 0.3) is 5.56 Å². The Kier molecular flexibility index (Phi) is 7.21. The summed E-state index contributed by atoms with van der Waals surface area (Å²) in [5.74, 6) is 1.91. The highest BCUT2D eigenvalue weighted by Gasteiger charge is 2.16. The van der Waals surface area contributed by atoms with Gasteiger partial charge in [-0.15, -0.1) is 0 Å². The first kappa shape index (κ1) is 22.2. The van der Waals surface area contributed by atoms with Gasteiger partial charge in [0.05, 0.1) is 31.5 Å². The third-order valence-electron chi connectivity index (χ3n) is 4.67. The number of rotatable bonds is 8. The van der Waals surface area contributed by atoms with Crippen molar-refractivity contribution >= 4 is 17.4 Å². The standard InChI is InChI=1S/C23H24N4O3S/c1-27(2)21-18(11-17-9-10-19(29-3)20(12-17)30-4)25-23(26-22(21)28)31-14-16-7-5-15(13-24)6-8-16/h5-10,12H,11,14H2,1-4H3,(H,25,26,28). The fourth-order valence-electron chi connectivity index (χ4n) is 3.15. The van der Waals surface area contributed by atoms with Crippen molar-refractivity contribution in [3.8, 4) is 17.6 Å². The summed E-state index contributed by atoms with van der Waals surface area (Å²) in [5, 5.41) is 9.48. The number of hydrogen-bond acceptors (Lipinski definition) is 7. The molecule has 8 heteroatoms. The molecule has 0 aliphatic heterocycles. The number of ether oxygens (including phenoxy) is 2. The van der Waals surface area contributed by atoms with Crippen molar-refractivity contribution in [1.82, 2.24) is 9.97 Å². The zero-order chi connectivity index (χ0) is 22.4. The Bertz CT molecular complexity index is 1150. The quantitative estimate of drug-likeness (QED) is 0.426. The van der Waals surface area contributed by atoms with Gasteiger partial charge in [-0.1, -0.05) is 30.0 Å². The SMILES string of the molecule is COc1ccc(Cc2nc(SCc3ccc(C#N)cc3)[nH]c(=O)c2N(C)C)cc1OC. The molecule has 0 bridgehead atoms.